The number of hydrogen-bond donors (Lipinski definition) is 0. The van der Waals surface area contributed by atoms with Gasteiger partial charge in [-0.2, -0.15) is 0 Å². The number of piperidine rings is 1. The molecule has 2 bridgehead atoms. The first-order chi connectivity index (χ1) is 10.9. The third-order valence-corrected chi connectivity index (χ3v) is 6.20. The van der Waals surface area contributed by atoms with Gasteiger partial charge in [0.1, 0.15) is 5.75 Å². The number of halogens is 1. The lowest BCUT2D eigenvalue weighted by Gasteiger charge is -2.58. The van der Waals surface area contributed by atoms with E-state index < -0.39 is 7.04 Å². The second-order valence-corrected chi connectivity index (χ2v) is 6.93. The van der Waals surface area contributed by atoms with Crippen molar-refractivity contribution in [2.75, 3.05) is 20.6 Å². The molecule has 1 aliphatic heterocycles. The minimum Gasteiger partial charge on any atom is -0.497 e. The van der Waals surface area contributed by atoms with Crippen LogP contribution in [0.25, 0.3) is 0 Å². The molecule has 0 amide bonds. The van der Waals surface area contributed by atoms with Crippen LogP contribution in [0.1, 0.15) is 47.3 Å². The first-order valence-corrected chi connectivity index (χ1v) is 7.92. The van der Waals surface area contributed by atoms with Crippen LogP contribution >= 0.6 is 17.0 Å². The minimum absolute atomic E-state index is 0. The Morgan fingerprint density at radius 2 is 2.24 bits per heavy atom. The molecule has 1 aromatic carbocycles. The van der Waals surface area contributed by atoms with Crippen LogP contribution in [0.3, 0.4) is 0 Å². The molecule has 0 N–H and O–H groups in total. The van der Waals surface area contributed by atoms with E-state index in [1.54, 1.807) is 0 Å². The zero-order chi connectivity index (χ0) is 16.2. The molecule has 3 heteroatoms. The Morgan fingerprint density at radius 1 is 1.33 bits per heavy atom. The lowest BCUT2D eigenvalue weighted by Crippen LogP contribution is -2.59. The summed E-state index contributed by atoms with van der Waals surface area (Å²) in [6.07, 6.45) is 7.44. The third kappa shape index (κ3) is 2.16. The van der Waals surface area contributed by atoms with Crippen molar-refractivity contribution in [1.29, 1.82) is 0 Å². The van der Waals surface area contributed by atoms with Gasteiger partial charge in [0.2, 0.25) is 0 Å². The molecule has 2 fully saturated rings. The average Bonchev–Trinajstić information content (AvgIpc) is 2.50. The van der Waals surface area contributed by atoms with Crippen LogP contribution in [0.15, 0.2) is 18.2 Å². The summed E-state index contributed by atoms with van der Waals surface area (Å²) in [5.41, 5.74) is 3.03. The van der Waals surface area contributed by atoms with E-state index in [4.69, 9.17) is 8.85 Å². The van der Waals surface area contributed by atoms with Gasteiger partial charge in [0.05, 0.1) is 11.2 Å². The zero-order valence-electron chi connectivity index (χ0n) is 15.6. The van der Waals surface area contributed by atoms with Gasteiger partial charge < -0.3 is 9.64 Å². The van der Waals surface area contributed by atoms with Gasteiger partial charge in [0, 0.05) is 11.5 Å². The SMILES string of the molecule is Br.[2H]C([2H])([2H])Oc1ccc2c(c1)[C@]13CCCC[C@@H]1[C@H](C2)N(C)CC3. The van der Waals surface area contributed by atoms with Gasteiger partial charge >= 0.3 is 0 Å². The summed E-state index contributed by atoms with van der Waals surface area (Å²) in [7, 11) is -0.109. The van der Waals surface area contributed by atoms with E-state index >= 15 is 0 Å². The Kier molecular flexibility index (Phi) is 3.18. The van der Waals surface area contributed by atoms with Crippen molar-refractivity contribution in [3.05, 3.63) is 29.3 Å². The second kappa shape index (κ2) is 5.58. The van der Waals surface area contributed by atoms with E-state index in [-0.39, 0.29) is 22.4 Å². The third-order valence-electron chi connectivity index (χ3n) is 6.20. The maximum atomic E-state index is 7.36. The van der Waals surface area contributed by atoms with Crippen LogP contribution < -0.4 is 4.74 Å². The van der Waals surface area contributed by atoms with Gasteiger partial charge in [0.25, 0.3) is 0 Å². The number of nitrogens with zero attached hydrogens (tertiary/aromatic N) is 1. The first kappa shape index (κ1) is 12.0. The average molecular weight is 355 g/mol. The van der Waals surface area contributed by atoms with Crippen molar-refractivity contribution >= 4 is 17.0 Å². The molecule has 4 rings (SSSR count). The van der Waals surface area contributed by atoms with E-state index in [1.165, 1.54) is 43.2 Å². The normalized spacial score (nSPS) is 37.1. The van der Waals surface area contributed by atoms with Crippen LogP contribution in [-0.4, -0.2) is 31.6 Å². The number of hydrogen-bond acceptors (Lipinski definition) is 2. The lowest BCUT2D eigenvalue weighted by molar-refractivity contribution is 0.00274. The summed E-state index contributed by atoms with van der Waals surface area (Å²) in [5.74, 6) is 1.21. The van der Waals surface area contributed by atoms with E-state index in [9.17, 15) is 0 Å². The van der Waals surface area contributed by atoms with Gasteiger partial charge in [-0.15, -0.1) is 17.0 Å². The Labute approximate surface area is 142 Å². The van der Waals surface area contributed by atoms with Crippen molar-refractivity contribution < 1.29 is 8.85 Å². The fourth-order valence-electron chi connectivity index (χ4n) is 5.24. The molecule has 1 heterocycles. The number of ether oxygens (including phenoxy) is 1. The summed E-state index contributed by atoms with van der Waals surface area (Å²) in [5, 5.41) is 0. The lowest BCUT2D eigenvalue weighted by atomic mass is 9.52. The number of methoxy groups -OCH3 is 1. The highest BCUT2D eigenvalue weighted by Crippen LogP contribution is 2.55. The Balaban J connectivity index is 0.00000169. The van der Waals surface area contributed by atoms with Crippen molar-refractivity contribution in [1.82, 2.24) is 4.90 Å². The van der Waals surface area contributed by atoms with Crippen LogP contribution in [0.2, 0.25) is 0 Å². The van der Waals surface area contributed by atoms with Gasteiger partial charge in [0.15, 0.2) is 0 Å². The smallest absolute Gasteiger partial charge is 0.119 e. The van der Waals surface area contributed by atoms with E-state index in [2.05, 4.69) is 18.0 Å². The van der Waals surface area contributed by atoms with Crippen LogP contribution in [0.5, 0.6) is 5.75 Å². The molecule has 2 nitrogen and oxygen atoms in total. The first-order valence-electron chi connectivity index (χ1n) is 9.42. The van der Waals surface area contributed by atoms with Crippen LogP contribution in [0, 0.1) is 5.92 Å². The monoisotopic (exact) mass is 354 g/mol. The summed E-state index contributed by atoms with van der Waals surface area (Å²) in [6.45, 7) is 1.14. The molecule has 0 radical (unpaired) electrons. The molecule has 116 valence electrons. The summed E-state index contributed by atoms with van der Waals surface area (Å²) < 4.78 is 27.3. The van der Waals surface area contributed by atoms with E-state index in [1.807, 2.05) is 12.1 Å². The van der Waals surface area contributed by atoms with Gasteiger partial charge in [-0.1, -0.05) is 18.9 Å². The molecule has 1 saturated heterocycles. The highest BCUT2D eigenvalue weighted by molar-refractivity contribution is 8.93. The van der Waals surface area contributed by atoms with Gasteiger partial charge in [-0.3, -0.25) is 0 Å². The molecule has 3 atom stereocenters. The van der Waals surface area contributed by atoms with Crippen molar-refractivity contribution in [3.8, 4) is 5.75 Å². The summed E-state index contributed by atoms with van der Waals surface area (Å²) in [6, 6.07) is 6.63. The quantitative estimate of drug-likeness (QED) is 0.756. The fraction of sp³-hybridized carbons (Fsp3) is 0.667. The van der Waals surface area contributed by atoms with Crippen LogP contribution in [0.4, 0.5) is 0 Å². The van der Waals surface area contributed by atoms with Gasteiger partial charge in [-0.05, 0) is 68.5 Å². The Morgan fingerprint density at radius 3 is 3.10 bits per heavy atom. The molecule has 2 aliphatic carbocycles. The molecule has 1 aromatic rings. The molecule has 0 spiro atoms. The number of likely N-dealkylation sites (N-methyl/N-ethyl adjacent to an activating group) is 1. The highest BCUT2D eigenvalue weighted by atomic mass is 79.9. The standard InChI is InChI=1S/C18H25NO.BrH/c1-19-10-9-18-8-4-3-5-15(18)17(19)11-13-6-7-14(20-2)12-16(13)18;/h6-7,12,15,17H,3-5,8-11H2,1-2H3;1H/t15-,17+,18+;/m1./s1/i2D3;. The number of rotatable bonds is 1. The van der Waals surface area contributed by atoms with Crippen LogP contribution in [-0.2, 0) is 11.8 Å². The predicted octanol–water partition coefficient (Wildman–Crippen LogP) is 3.96. The Bertz CT molecular complexity index is 621. The topological polar surface area (TPSA) is 12.5 Å². The zero-order valence-corrected chi connectivity index (χ0v) is 14.3. The highest BCUT2D eigenvalue weighted by Gasteiger charge is 2.53. The molecule has 1 saturated carbocycles. The molecular formula is C18H26BrNO. The summed E-state index contributed by atoms with van der Waals surface area (Å²) >= 11 is 0. The molecule has 0 aromatic heterocycles. The minimum atomic E-state index is -2.37. The molecule has 3 aliphatic rings. The maximum absolute atomic E-state index is 7.36. The van der Waals surface area contributed by atoms with E-state index in [0.717, 1.165) is 13.0 Å². The number of fused-ring (bicyclic) bond motifs is 1. The largest absolute Gasteiger partial charge is 0.497 e. The number of benzene rings is 1. The van der Waals surface area contributed by atoms with Crippen molar-refractivity contribution in [2.24, 2.45) is 5.92 Å². The molecular weight excluding hydrogens is 326 g/mol. The van der Waals surface area contributed by atoms with Crippen molar-refractivity contribution in [2.45, 2.75) is 50.0 Å². The number of likely N-dealkylation sites (tertiary alicyclic amines) is 1. The summed E-state index contributed by atoms with van der Waals surface area (Å²) in [4.78, 5) is 2.55. The molecule has 0 unspecified atom stereocenters. The maximum Gasteiger partial charge on any atom is 0.119 e. The Hall–Kier alpha value is -0.540. The predicted molar refractivity (Wildman–Crippen MR) is 91.7 cm³/mol. The van der Waals surface area contributed by atoms with Gasteiger partial charge in [-0.25, -0.2) is 0 Å². The molecule has 21 heavy (non-hydrogen) atoms. The fourth-order valence-corrected chi connectivity index (χ4v) is 5.24. The van der Waals surface area contributed by atoms with Crippen molar-refractivity contribution in [3.63, 3.8) is 0 Å². The van der Waals surface area contributed by atoms with E-state index in [0.29, 0.717) is 17.7 Å². The second-order valence-electron chi connectivity index (χ2n) is 6.93.